The molecule has 28 heavy (non-hydrogen) atoms. The maximum absolute atomic E-state index is 13.4. The molecule has 2 amide bonds. The lowest BCUT2D eigenvalue weighted by Gasteiger charge is -2.37. The van der Waals surface area contributed by atoms with Crippen molar-refractivity contribution in [1.82, 2.24) is 9.80 Å². The number of carbonyl (C=O) groups excluding carboxylic acids is 2. The maximum Gasteiger partial charge on any atom is 0.410 e. The first-order valence-electron chi connectivity index (χ1n) is 9.86. The molecule has 1 fully saturated rings. The van der Waals surface area contributed by atoms with Crippen LogP contribution in [0.3, 0.4) is 0 Å². The number of likely N-dealkylation sites (N-methyl/N-ethyl adjacent to an activating group) is 1. The SMILES string of the molecule is CCN(Cc1ccccc1)C(=O)C1(C)CCCN1C(=O)OCc1ccccc1. The van der Waals surface area contributed by atoms with Gasteiger partial charge in [0.05, 0.1) is 0 Å². The zero-order chi connectivity index (χ0) is 20.0. The van der Waals surface area contributed by atoms with E-state index in [1.807, 2.05) is 79.4 Å². The molecule has 0 radical (unpaired) electrons. The average Bonchev–Trinajstić information content (AvgIpc) is 3.14. The molecular formula is C23H28N2O3. The van der Waals surface area contributed by atoms with Crippen molar-refractivity contribution in [2.75, 3.05) is 13.1 Å². The Kier molecular flexibility index (Phi) is 6.34. The van der Waals surface area contributed by atoms with Gasteiger partial charge in [-0.1, -0.05) is 60.7 Å². The molecule has 2 aromatic rings. The monoisotopic (exact) mass is 380 g/mol. The van der Waals surface area contributed by atoms with Gasteiger partial charge in [-0.2, -0.15) is 0 Å². The Balaban J connectivity index is 1.69. The van der Waals surface area contributed by atoms with Crippen molar-refractivity contribution in [3.8, 4) is 0 Å². The van der Waals surface area contributed by atoms with E-state index in [-0.39, 0.29) is 12.5 Å². The second-order valence-corrected chi connectivity index (χ2v) is 7.37. The molecule has 148 valence electrons. The summed E-state index contributed by atoms with van der Waals surface area (Å²) < 4.78 is 5.51. The van der Waals surface area contributed by atoms with Crippen LogP contribution in [-0.4, -0.2) is 40.4 Å². The molecule has 3 rings (SSSR count). The van der Waals surface area contributed by atoms with Crippen LogP contribution in [0.5, 0.6) is 0 Å². The van der Waals surface area contributed by atoms with E-state index >= 15 is 0 Å². The lowest BCUT2D eigenvalue weighted by molar-refractivity contribution is -0.141. The van der Waals surface area contributed by atoms with Crippen molar-refractivity contribution in [2.24, 2.45) is 0 Å². The smallest absolute Gasteiger partial charge is 0.410 e. The Morgan fingerprint density at radius 1 is 1.04 bits per heavy atom. The van der Waals surface area contributed by atoms with E-state index in [1.165, 1.54) is 0 Å². The van der Waals surface area contributed by atoms with Gasteiger partial charge in [0.25, 0.3) is 0 Å². The molecule has 5 nitrogen and oxygen atoms in total. The summed E-state index contributed by atoms with van der Waals surface area (Å²) in [6.45, 7) is 5.71. The van der Waals surface area contributed by atoms with Gasteiger partial charge >= 0.3 is 6.09 Å². The van der Waals surface area contributed by atoms with Crippen molar-refractivity contribution in [2.45, 2.75) is 45.4 Å². The maximum atomic E-state index is 13.4. The number of nitrogens with zero attached hydrogens (tertiary/aromatic N) is 2. The first kappa shape index (κ1) is 19.9. The molecule has 2 aromatic carbocycles. The largest absolute Gasteiger partial charge is 0.445 e. The molecule has 0 aromatic heterocycles. The summed E-state index contributed by atoms with van der Waals surface area (Å²) in [5.41, 5.74) is 1.15. The second kappa shape index (κ2) is 8.91. The highest BCUT2D eigenvalue weighted by molar-refractivity contribution is 5.90. The topological polar surface area (TPSA) is 49.9 Å². The highest BCUT2D eigenvalue weighted by atomic mass is 16.6. The van der Waals surface area contributed by atoms with Gasteiger partial charge < -0.3 is 9.64 Å². The third kappa shape index (κ3) is 4.35. The lowest BCUT2D eigenvalue weighted by Crippen LogP contribution is -2.56. The summed E-state index contributed by atoms with van der Waals surface area (Å²) >= 11 is 0. The molecule has 0 aliphatic carbocycles. The second-order valence-electron chi connectivity index (χ2n) is 7.37. The van der Waals surface area contributed by atoms with E-state index in [0.717, 1.165) is 17.5 Å². The summed E-state index contributed by atoms with van der Waals surface area (Å²) in [7, 11) is 0. The molecule has 5 heteroatoms. The standard InChI is InChI=1S/C23H28N2O3/c1-3-24(17-19-11-6-4-7-12-19)21(26)23(2)15-10-16-25(23)22(27)28-18-20-13-8-5-9-14-20/h4-9,11-14H,3,10,15-18H2,1-2H3. The number of ether oxygens (including phenoxy) is 1. The summed E-state index contributed by atoms with van der Waals surface area (Å²) in [6, 6.07) is 19.5. The number of benzene rings is 2. The minimum Gasteiger partial charge on any atom is -0.445 e. The van der Waals surface area contributed by atoms with E-state index in [4.69, 9.17) is 4.74 Å². The number of carbonyl (C=O) groups is 2. The van der Waals surface area contributed by atoms with Gasteiger partial charge in [-0.3, -0.25) is 9.69 Å². The molecule has 0 bridgehead atoms. The minimum atomic E-state index is -0.863. The fourth-order valence-electron chi connectivity index (χ4n) is 3.75. The predicted octanol–water partition coefficient (Wildman–Crippen LogP) is 4.23. The minimum absolute atomic E-state index is 0.0204. The summed E-state index contributed by atoms with van der Waals surface area (Å²) in [5, 5.41) is 0. The number of likely N-dealkylation sites (tertiary alicyclic amines) is 1. The van der Waals surface area contributed by atoms with Gasteiger partial charge in [-0.05, 0) is 37.8 Å². The molecule has 1 aliphatic rings. The van der Waals surface area contributed by atoms with Crippen LogP contribution in [0.25, 0.3) is 0 Å². The van der Waals surface area contributed by atoms with Crippen LogP contribution in [0, 0.1) is 0 Å². The first-order valence-corrected chi connectivity index (χ1v) is 9.86. The van der Waals surface area contributed by atoms with Crippen LogP contribution in [0.4, 0.5) is 4.79 Å². The number of hydrogen-bond donors (Lipinski definition) is 0. The molecule has 0 spiro atoms. The van der Waals surface area contributed by atoms with Crippen LogP contribution < -0.4 is 0 Å². The Morgan fingerprint density at radius 2 is 1.64 bits per heavy atom. The zero-order valence-corrected chi connectivity index (χ0v) is 16.6. The van der Waals surface area contributed by atoms with Crippen molar-refractivity contribution >= 4 is 12.0 Å². The molecule has 0 saturated carbocycles. The quantitative estimate of drug-likeness (QED) is 0.754. The number of amides is 2. The van der Waals surface area contributed by atoms with E-state index < -0.39 is 11.6 Å². The molecule has 1 unspecified atom stereocenters. The molecule has 0 N–H and O–H groups in total. The van der Waals surface area contributed by atoms with Gasteiger partial charge in [0.2, 0.25) is 5.91 Å². The zero-order valence-electron chi connectivity index (χ0n) is 16.6. The average molecular weight is 380 g/mol. The van der Waals surface area contributed by atoms with Gasteiger partial charge in [-0.15, -0.1) is 0 Å². The van der Waals surface area contributed by atoms with Gasteiger partial charge in [0.15, 0.2) is 0 Å². The highest BCUT2D eigenvalue weighted by Crippen LogP contribution is 2.32. The third-order valence-electron chi connectivity index (χ3n) is 5.41. The lowest BCUT2D eigenvalue weighted by atomic mass is 9.96. The predicted molar refractivity (Wildman–Crippen MR) is 109 cm³/mol. The molecular weight excluding hydrogens is 352 g/mol. The van der Waals surface area contributed by atoms with Crippen molar-refractivity contribution in [3.63, 3.8) is 0 Å². The third-order valence-corrected chi connectivity index (χ3v) is 5.41. The van der Waals surface area contributed by atoms with Gasteiger partial charge in [0, 0.05) is 19.6 Å². The van der Waals surface area contributed by atoms with Gasteiger partial charge in [0.1, 0.15) is 12.1 Å². The Morgan fingerprint density at radius 3 is 2.25 bits per heavy atom. The van der Waals surface area contributed by atoms with E-state index in [2.05, 4.69) is 0 Å². The van der Waals surface area contributed by atoms with E-state index in [0.29, 0.717) is 26.1 Å². The molecule has 1 aliphatic heterocycles. The number of rotatable bonds is 6. The fourth-order valence-corrected chi connectivity index (χ4v) is 3.75. The Bertz CT molecular complexity index is 794. The summed E-state index contributed by atoms with van der Waals surface area (Å²) in [6.07, 6.45) is 1.02. The molecule has 1 saturated heterocycles. The summed E-state index contributed by atoms with van der Waals surface area (Å²) in [4.78, 5) is 29.5. The van der Waals surface area contributed by atoms with Crippen molar-refractivity contribution < 1.29 is 14.3 Å². The van der Waals surface area contributed by atoms with Crippen molar-refractivity contribution in [1.29, 1.82) is 0 Å². The van der Waals surface area contributed by atoms with Crippen LogP contribution in [-0.2, 0) is 22.7 Å². The van der Waals surface area contributed by atoms with Crippen LogP contribution in [0.2, 0.25) is 0 Å². The summed E-state index contributed by atoms with van der Waals surface area (Å²) in [5.74, 6) is -0.0204. The Hall–Kier alpha value is -2.82. The van der Waals surface area contributed by atoms with Crippen molar-refractivity contribution in [3.05, 3.63) is 71.8 Å². The molecule has 1 atom stereocenters. The van der Waals surface area contributed by atoms with Gasteiger partial charge in [-0.25, -0.2) is 4.79 Å². The molecule has 1 heterocycles. The highest BCUT2D eigenvalue weighted by Gasteiger charge is 2.48. The van der Waals surface area contributed by atoms with Crippen LogP contribution in [0.1, 0.15) is 37.8 Å². The Labute approximate surface area is 166 Å². The van der Waals surface area contributed by atoms with E-state index in [1.54, 1.807) is 4.90 Å². The van der Waals surface area contributed by atoms with Crippen LogP contribution >= 0.6 is 0 Å². The fraction of sp³-hybridized carbons (Fsp3) is 0.391. The van der Waals surface area contributed by atoms with Crippen LogP contribution in [0.15, 0.2) is 60.7 Å². The first-order chi connectivity index (χ1) is 13.5. The number of hydrogen-bond acceptors (Lipinski definition) is 3. The normalized spacial score (nSPS) is 18.7. The van der Waals surface area contributed by atoms with E-state index in [9.17, 15) is 9.59 Å².